The van der Waals surface area contributed by atoms with Crippen LogP contribution in [0.3, 0.4) is 0 Å². The number of nitrogens with zero attached hydrogens (tertiary/aromatic N) is 3. The van der Waals surface area contributed by atoms with Crippen molar-refractivity contribution in [3.63, 3.8) is 0 Å². The van der Waals surface area contributed by atoms with Gasteiger partial charge in [0.15, 0.2) is 0 Å². The van der Waals surface area contributed by atoms with Gasteiger partial charge in [0.05, 0.1) is 0 Å². The number of hydrogen-bond donors (Lipinski definition) is 2. The fourth-order valence-electron chi connectivity index (χ4n) is 1.56. The second-order valence-corrected chi connectivity index (χ2v) is 4.07. The summed E-state index contributed by atoms with van der Waals surface area (Å²) in [7, 11) is 1.68. The summed E-state index contributed by atoms with van der Waals surface area (Å²) >= 11 is 0. The summed E-state index contributed by atoms with van der Waals surface area (Å²) in [5, 5.41) is 15.6. The van der Waals surface area contributed by atoms with E-state index in [1.165, 1.54) is 4.90 Å². The molecule has 18 heavy (non-hydrogen) atoms. The zero-order valence-corrected chi connectivity index (χ0v) is 10.2. The number of carbonyl (C=O) groups excluding carboxylic acids is 1. The van der Waals surface area contributed by atoms with Crippen LogP contribution in [0, 0.1) is 6.92 Å². The fraction of sp³-hybridized carbons (Fsp3) is 0.250. The molecule has 94 valence electrons. The van der Waals surface area contributed by atoms with Gasteiger partial charge in [0.1, 0.15) is 11.6 Å². The average Bonchev–Trinajstić information content (AvgIpc) is 2.78. The summed E-state index contributed by atoms with van der Waals surface area (Å²) in [5.41, 5.74) is 0.927. The average molecular weight is 246 g/mol. The number of aromatic hydroxyl groups is 1. The SMILES string of the molecule is Cc1nc(C(=O)N(C)Cc2ccc(O)cc2)n[nH]1. The molecule has 0 atom stereocenters. The number of amides is 1. The molecule has 0 saturated carbocycles. The second-order valence-electron chi connectivity index (χ2n) is 4.07. The number of nitrogens with one attached hydrogen (secondary N) is 1. The van der Waals surface area contributed by atoms with E-state index in [4.69, 9.17) is 0 Å². The van der Waals surface area contributed by atoms with E-state index in [-0.39, 0.29) is 17.5 Å². The Balaban J connectivity index is 2.05. The topological polar surface area (TPSA) is 82.1 Å². The van der Waals surface area contributed by atoms with E-state index in [9.17, 15) is 9.90 Å². The van der Waals surface area contributed by atoms with Gasteiger partial charge < -0.3 is 10.0 Å². The zero-order valence-electron chi connectivity index (χ0n) is 10.2. The van der Waals surface area contributed by atoms with Crippen LogP contribution in [-0.4, -0.2) is 38.1 Å². The third-order valence-electron chi connectivity index (χ3n) is 2.49. The van der Waals surface area contributed by atoms with Crippen LogP contribution >= 0.6 is 0 Å². The molecule has 2 rings (SSSR count). The molecule has 0 saturated heterocycles. The molecule has 6 nitrogen and oxygen atoms in total. The highest BCUT2D eigenvalue weighted by molar-refractivity contribution is 5.90. The Morgan fingerprint density at radius 2 is 2.06 bits per heavy atom. The maximum absolute atomic E-state index is 12.0. The van der Waals surface area contributed by atoms with E-state index < -0.39 is 0 Å². The molecule has 2 aromatic rings. The zero-order chi connectivity index (χ0) is 13.1. The number of hydrogen-bond acceptors (Lipinski definition) is 4. The predicted octanol–water partition coefficient (Wildman–Crippen LogP) is 1.09. The van der Waals surface area contributed by atoms with E-state index in [1.54, 1.807) is 38.2 Å². The molecule has 0 bridgehead atoms. The molecular weight excluding hydrogens is 232 g/mol. The van der Waals surface area contributed by atoms with Gasteiger partial charge >= 0.3 is 0 Å². The monoisotopic (exact) mass is 246 g/mol. The number of rotatable bonds is 3. The third kappa shape index (κ3) is 2.65. The van der Waals surface area contributed by atoms with Crippen LogP contribution in [-0.2, 0) is 6.54 Å². The summed E-state index contributed by atoms with van der Waals surface area (Å²) in [6, 6.07) is 6.71. The lowest BCUT2D eigenvalue weighted by Gasteiger charge is -2.15. The highest BCUT2D eigenvalue weighted by atomic mass is 16.3. The van der Waals surface area contributed by atoms with Crippen LogP contribution in [0.1, 0.15) is 22.0 Å². The van der Waals surface area contributed by atoms with Crippen molar-refractivity contribution in [3.8, 4) is 5.75 Å². The molecule has 1 amide bonds. The molecule has 1 aromatic carbocycles. The molecule has 0 fully saturated rings. The van der Waals surface area contributed by atoms with Gasteiger partial charge in [-0.2, -0.15) is 0 Å². The first-order valence-electron chi connectivity index (χ1n) is 5.48. The maximum atomic E-state index is 12.0. The number of benzene rings is 1. The molecule has 0 aliphatic heterocycles. The molecule has 0 radical (unpaired) electrons. The Labute approximate surface area is 104 Å². The first-order chi connectivity index (χ1) is 8.56. The van der Waals surface area contributed by atoms with E-state index >= 15 is 0 Å². The van der Waals surface area contributed by atoms with Gasteiger partial charge in [-0.25, -0.2) is 4.98 Å². The Morgan fingerprint density at radius 1 is 1.39 bits per heavy atom. The van der Waals surface area contributed by atoms with Crippen molar-refractivity contribution < 1.29 is 9.90 Å². The molecule has 1 aromatic heterocycles. The normalized spacial score (nSPS) is 10.3. The summed E-state index contributed by atoms with van der Waals surface area (Å²) in [5.74, 6) is 0.731. The number of carbonyl (C=O) groups is 1. The second kappa shape index (κ2) is 4.87. The van der Waals surface area contributed by atoms with E-state index in [2.05, 4.69) is 15.2 Å². The van der Waals surface area contributed by atoms with Crippen LogP contribution in [0.4, 0.5) is 0 Å². The lowest BCUT2D eigenvalue weighted by atomic mass is 10.2. The van der Waals surface area contributed by atoms with Crippen LogP contribution < -0.4 is 0 Å². The number of aromatic amines is 1. The van der Waals surface area contributed by atoms with Crippen molar-refractivity contribution in [1.82, 2.24) is 20.1 Å². The van der Waals surface area contributed by atoms with Crippen molar-refractivity contribution in [1.29, 1.82) is 0 Å². The molecule has 1 heterocycles. The van der Waals surface area contributed by atoms with E-state index in [1.807, 2.05) is 0 Å². The number of phenols is 1. The Kier molecular flexibility index (Phi) is 3.27. The molecular formula is C12H14N4O2. The first-order valence-corrected chi connectivity index (χ1v) is 5.48. The van der Waals surface area contributed by atoms with Gasteiger partial charge in [0.25, 0.3) is 5.91 Å². The van der Waals surface area contributed by atoms with Gasteiger partial charge in [-0.3, -0.25) is 9.89 Å². The predicted molar refractivity (Wildman–Crippen MR) is 65.0 cm³/mol. The molecule has 6 heteroatoms. The quantitative estimate of drug-likeness (QED) is 0.849. The number of phenolic OH excluding ortho intramolecular Hbond substituents is 1. The molecule has 2 N–H and O–H groups in total. The number of aryl methyl sites for hydroxylation is 1. The first kappa shape index (κ1) is 12.1. The number of aromatic nitrogens is 3. The van der Waals surface area contributed by atoms with Gasteiger partial charge in [0, 0.05) is 13.6 Å². The molecule has 0 aliphatic rings. The molecule has 0 spiro atoms. The molecule has 0 aliphatic carbocycles. The highest BCUT2D eigenvalue weighted by Gasteiger charge is 2.16. The fourth-order valence-corrected chi connectivity index (χ4v) is 1.56. The summed E-state index contributed by atoms with van der Waals surface area (Å²) in [6.45, 7) is 2.18. The van der Waals surface area contributed by atoms with Gasteiger partial charge in [0.2, 0.25) is 5.82 Å². The van der Waals surface area contributed by atoms with Crippen molar-refractivity contribution >= 4 is 5.91 Å². The smallest absolute Gasteiger partial charge is 0.293 e. The maximum Gasteiger partial charge on any atom is 0.293 e. The minimum atomic E-state index is -0.243. The minimum Gasteiger partial charge on any atom is -0.508 e. The van der Waals surface area contributed by atoms with Crippen molar-refractivity contribution in [2.24, 2.45) is 0 Å². The van der Waals surface area contributed by atoms with Crippen molar-refractivity contribution in [2.45, 2.75) is 13.5 Å². The lowest BCUT2D eigenvalue weighted by Crippen LogP contribution is -2.27. The van der Waals surface area contributed by atoms with E-state index in [0.29, 0.717) is 12.4 Å². The summed E-state index contributed by atoms with van der Waals surface area (Å²) in [4.78, 5) is 17.5. The Hall–Kier alpha value is -2.37. The Morgan fingerprint density at radius 3 is 2.61 bits per heavy atom. The molecule has 0 unspecified atom stereocenters. The summed E-state index contributed by atoms with van der Waals surface area (Å²) in [6.07, 6.45) is 0. The van der Waals surface area contributed by atoms with Crippen LogP contribution in [0.15, 0.2) is 24.3 Å². The van der Waals surface area contributed by atoms with Gasteiger partial charge in [-0.15, -0.1) is 5.10 Å². The van der Waals surface area contributed by atoms with Crippen molar-refractivity contribution in [3.05, 3.63) is 41.5 Å². The van der Waals surface area contributed by atoms with Gasteiger partial charge in [-0.05, 0) is 24.6 Å². The largest absolute Gasteiger partial charge is 0.508 e. The highest BCUT2D eigenvalue weighted by Crippen LogP contribution is 2.11. The standard InChI is InChI=1S/C12H14N4O2/c1-8-13-11(15-14-8)12(18)16(2)7-9-3-5-10(17)6-4-9/h3-6,17H,7H2,1-2H3,(H,13,14,15). The lowest BCUT2D eigenvalue weighted by molar-refractivity contribution is 0.0773. The Bertz CT molecular complexity index is 547. The van der Waals surface area contributed by atoms with E-state index in [0.717, 1.165) is 5.56 Å². The number of H-pyrrole nitrogens is 1. The van der Waals surface area contributed by atoms with Crippen LogP contribution in [0.5, 0.6) is 5.75 Å². The van der Waals surface area contributed by atoms with Crippen LogP contribution in [0.2, 0.25) is 0 Å². The van der Waals surface area contributed by atoms with Crippen LogP contribution in [0.25, 0.3) is 0 Å². The van der Waals surface area contributed by atoms with Gasteiger partial charge in [-0.1, -0.05) is 12.1 Å². The minimum absolute atomic E-state index is 0.161. The summed E-state index contributed by atoms with van der Waals surface area (Å²) < 4.78 is 0. The third-order valence-corrected chi connectivity index (χ3v) is 2.49. The van der Waals surface area contributed by atoms with Crippen molar-refractivity contribution in [2.75, 3.05) is 7.05 Å².